The molecule has 1 atom stereocenters. The van der Waals surface area contributed by atoms with Crippen molar-refractivity contribution in [3.8, 4) is 0 Å². The lowest BCUT2D eigenvalue weighted by Crippen LogP contribution is -2.22. The second-order valence-corrected chi connectivity index (χ2v) is 7.64. The van der Waals surface area contributed by atoms with Crippen molar-refractivity contribution in [2.75, 3.05) is 12.3 Å². The number of aromatic amines is 1. The van der Waals surface area contributed by atoms with E-state index < -0.39 is 0 Å². The van der Waals surface area contributed by atoms with Gasteiger partial charge in [0.2, 0.25) is 0 Å². The molecule has 124 valence electrons. The number of fused-ring (bicyclic) bond motifs is 1. The van der Waals surface area contributed by atoms with Gasteiger partial charge in [0, 0.05) is 29.4 Å². The highest BCUT2D eigenvalue weighted by atomic mass is 32.2. The number of thioether (sulfide) groups is 1. The topological polar surface area (TPSA) is 27.8 Å². The Morgan fingerprint density at radius 2 is 1.88 bits per heavy atom. The number of nitrogens with one attached hydrogen (secondary N) is 2. The number of rotatable bonds is 6. The van der Waals surface area contributed by atoms with Gasteiger partial charge in [0.05, 0.1) is 0 Å². The summed E-state index contributed by atoms with van der Waals surface area (Å²) in [5.41, 5.74) is 3.90. The maximum Gasteiger partial charge on any atom is 0.133 e. The smallest absolute Gasteiger partial charge is 0.133 e. The molecule has 3 aromatic rings. The van der Waals surface area contributed by atoms with Crippen LogP contribution in [0.4, 0.5) is 0 Å². The molecule has 0 aliphatic heterocycles. The van der Waals surface area contributed by atoms with Crippen LogP contribution in [0, 0.1) is 0 Å². The summed E-state index contributed by atoms with van der Waals surface area (Å²) in [6, 6.07) is 19.0. The zero-order valence-corrected chi connectivity index (χ0v) is 15.4. The highest BCUT2D eigenvalue weighted by Gasteiger charge is 2.07. The third-order valence-corrected chi connectivity index (χ3v) is 5.74. The molecule has 2 nitrogen and oxygen atoms in total. The average Bonchev–Trinajstić information content (AvgIpc) is 3.04. The lowest BCUT2D eigenvalue weighted by molar-refractivity contribution is 0.876. The fourth-order valence-electron chi connectivity index (χ4n) is 2.77. The molecule has 0 saturated heterocycles. The Morgan fingerprint density at radius 3 is 2.71 bits per heavy atom. The summed E-state index contributed by atoms with van der Waals surface area (Å²) in [5, 5.41) is 4.67. The number of benzene rings is 2. The highest BCUT2D eigenvalue weighted by Crippen LogP contribution is 2.21. The van der Waals surface area contributed by atoms with E-state index in [0.717, 1.165) is 23.0 Å². The van der Waals surface area contributed by atoms with Gasteiger partial charge in [-0.2, -0.15) is 0 Å². The van der Waals surface area contributed by atoms with E-state index in [0.29, 0.717) is 5.92 Å². The first kappa shape index (κ1) is 17.1. The second kappa shape index (κ2) is 8.36. The summed E-state index contributed by atoms with van der Waals surface area (Å²) >= 11 is 7.19. The first-order valence-corrected chi connectivity index (χ1v) is 9.64. The van der Waals surface area contributed by atoms with E-state index in [-0.39, 0.29) is 0 Å². The van der Waals surface area contributed by atoms with E-state index in [2.05, 4.69) is 78.0 Å². The third kappa shape index (κ3) is 4.40. The van der Waals surface area contributed by atoms with E-state index in [1.165, 1.54) is 22.0 Å². The quantitative estimate of drug-likeness (QED) is 0.602. The molecule has 2 N–H and O–H groups in total. The summed E-state index contributed by atoms with van der Waals surface area (Å²) < 4.78 is 0.887. The van der Waals surface area contributed by atoms with Crippen molar-refractivity contribution in [3.63, 3.8) is 0 Å². The standard InChI is InChI=1S/C20H22N2S2/c1-15(16-7-3-2-4-8-16)14-24-20(23)21-12-11-17-13-22-19-10-6-5-9-18(17)19/h2-10,13,15,22H,11-12,14H2,1H3,(H,21,23). The predicted molar refractivity (Wildman–Crippen MR) is 110 cm³/mol. The van der Waals surface area contributed by atoms with Crippen LogP contribution in [-0.4, -0.2) is 21.6 Å². The van der Waals surface area contributed by atoms with Gasteiger partial charge in [-0.15, -0.1) is 0 Å². The summed E-state index contributed by atoms with van der Waals surface area (Å²) in [7, 11) is 0. The average molecular weight is 355 g/mol. The van der Waals surface area contributed by atoms with Crippen LogP contribution in [0.15, 0.2) is 60.8 Å². The maximum atomic E-state index is 5.46. The minimum Gasteiger partial charge on any atom is -0.371 e. The molecule has 0 bridgehead atoms. The first-order chi connectivity index (χ1) is 11.7. The van der Waals surface area contributed by atoms with Crippen molar-refractivity contribution in [1.29, 1.82) is 0 Å². The molecule has 24 heavy (non-hydrogen) atoms. The van der Waals surface area contributed by atoms with Gasteiger partial charge in [-0.3, -0.25) is 0 Å². The highest BCUT2D eigenvalue weighted by molar-refractivity contribution is 8.23. The van der Waals surface area contributed by atoms with Crippen molar-refractivity contribution in [2.45, 2.75) is 19.3 Å². The van der Waals surface area contributed by atoms with Crippen molar-refractivity contribution in [1.82, 2.24) is 10.3 Å². The minimum atomic E-state index is 0.504. The molecule has 1 heterocycles. The fraction of sp³-hybridized carbons (Fsp3) is 0.250. The van der Waals surface area contributed by atoms with E-state index in [9.17, 15) is 0 Å². The van der Waals surface area contributed by atoms with Crippen LogP contribution >= 0.6 is 24.0 Å². The van der Waals surface area contributed by atoms with Gasteiger partial charge in [0.15, 0.2) is 0 Å². The molecule has 0 aliphatic carbocycles. The monoisotopic (exact) mass is 354 g/mol. The van der Waals surface area contributed by atoms with Gasteiger partial charge in [-0.1, -0.05) is 79.4 Å². The van der Waals surface area contributed by atoms with Gasteiger partial charge < -0.3 is 10.3 Å². The largest absolute Gasteiger partial charge is 0.371 e. The van der Waals surface area contributed by atoms with Crippen LogP contribution in [0.25, 0.3) is 10.9 Å². The molecule has 1 aromatic heterocycles. The number of hydrogen-bond donors (Lipinski definition) is 2. The lowest BCUT2D eigenvalue weighted by atomic mass is 10.0. The van der Waals surface area contributed by atoms with Crippen LogP contribution in [0.3, 0.4) is 0 Å². The summed E-state index contributed by atoms with van der Waals surface area (Å²) in [6.45, 7) is 3.12. The van der Waals surface area contributed by atoms with E-state index in [4.69, 9.17) is 12.2 Å². The second-order valence-electron chi connectivity index (χ2n) is 5.95. The molecule has 0 fully saturated rings. The molecular formula is C20H22N2S2. The Morgan fingerprint density at radius 1 is 1.12 bits per heavy atom. The summed E-state index contributed by atoms with van der Waals surface area (Å²) in [5.74, 6) is 1.51. The van der Waals surface area contributed by atoms with Gasteiger partial charge in [-0.05, 0) is 29.5 Å². The number of thiocarbonyl (C=S) groups is 1. The van der Waals surface area contributed by atoms with E-state index in [1.54, 1.807) is 11.8 Å². The zero-order valence-electron chi connectivity index (χ0n) is 13.8. The molecule has 1 unspecified atom stereocenters. The minimum absolute atomic E-state index is 0.504. The summed E-state index contributed by atoms with van der Waals surface area (Å²) in [4.78, 5) is 3.32. The number of aromatic nitrogens is 1. The van der Waals surface area contributed by atoms with Crippen molar-refractivity contribution < 1.29 is 0 Å². The van der Waals surface area contributed by atoms with Crippen LogP contribution in [0.1, 0.15) is 24.0 Å². The van der Waals surface area contributed by atoms with Crippen molar-refractivity contribution in [3.05, 3.63) is 71.9 Å². The van der Waals surface area contributed by atoms with Gasteiger partial charge in [0.1, 0.15) is 4.32 Å². The maximum absolute atomic E-state index is 5.46. The van der Waals surface area contributed by atoms with Gasteiger partial charge >= 0.3 is 0 Å². The Balaban J connectivity index is 1.43. The molecule has 0 spiro atoms. The fourth-order valence-corrected chi connectivity index (χ4v) is 3.87. The zero-order chi connectivity index (χ0) is 16.8. The van der Waals surface area contributed by atoms with Crippen LogP contribution in [-0.2, 0) is 6.42 Å². The van der Waals surface area contributed by atoms with Gasteiger partial charge in [-0.25, -0.2) is 0 Å². The molecule has 0 radical (unpaired) electrons. The van der Waals surface area contributed by atoms with E-state index in [1.807, 2.05) is 0 Å². The van der Waals surface area contributed by atoms with Crippen LogP contribution < -0.4 is 5.32 Å². The third-order valence-electron chi connectivity index (χ3n) is 4.17. The van der Waals surface area contributed by atoms with Crippen molar-refractivity contribution in [2.24, 2.45) is 0 Å². The normalized spacial score (nSPS) is 12.2. The molecule has 0 amide bonds. The van der Waals surface area contributed by atoms with Crippen molar-refractivity contribution >= 4 is 39.2 Å². The number of H-pyrrole nitrogens is 1. The molecular weight excluding hydrogens is 332 g/mol. The number of hydrogen-bond acceptors (Lipinski definition) is 2. The molecule has 2 aromatic carbocycles. The predicted octanol–water partition coefficient (Wildman–Crippen LogP) is 5.12. The Kier molecular flexibility index (Phi) is 5.94. The lowest BCUT2D eigenvalue weighted by Gasteiger charge is -2.12. The summed E-state index contributed by atoms with van der Waals surface area (Å²) in [6.07, 6.45) is 3.07. The SMILES string of the molecule is CC(CSC(=S)NCCc1c[nH]c2ccccc12)c1ccccc1. The molecule has 3 rings (SSSR count). The van der Waals surface area contributed by atoms with Crippen LogP contribution in [0.5, 0.6) is 0 Å². The molecule has 4 heteroatoms. The Bertz CT molecular complexity index is 796. The van der Waals surface area contributed by atoms with Gasteiger partial charge in [0.25, 0.3) is 0 Å². The van der Waals surface area contributed by atoms with E-state index >= 15 is 0 Å². The molecule has 0 aliphatic rings. The molecule has 0 saturated carbocycles. The van der Waals surface area contributed by atoms with Crippen LogP contribution in [0.2, 0.25) is 0 Å². The Hall–Kier alpha value is -1.78. The first-order valence-electron chi connectivity index (χ1n) is 8.24. The number of para-hydroxylation sites is 1. The Labute approximate surface area is 153 Å².